The number of likely N-dealkylation sites (tertiary alicyclic amines) is 2. The van der Waals surface area contributed by atoms with Crippen molar-refractivity contribution in [1.82, 2.24) is 19.9 Å². The van der Waals surface area contributed by atoms with Gasteiger partial charge in [-0.2, -0.15) is 4.98 Å². The van der Waals surface area contributed by atoms with E-state index in [4.69, 9.17) is 4.52 Å². The van der Waals surface area contributed by atoms with Gasteiger partial charge in [-0.15, -0.1) is 0 Å². The Morgan fingerprint density at radius 1 is 1.25 bits per heavy atom. The fourth-order valence-electron chi connectivity index (χ4n) is 4.16. The zero-order valence-corrected chi connectivity index (χ0v) is 15.2. The second-order valence-corrected chi connectivity index (χ2v) is 7.53. The summed E-state index contributed by atoms with van der Waals surface area (Å²) in [4.78, 5) is 21.3. The molecule has 0 aromatic carbocycles. The van der Waals surface area contributed by atoms with E-state index in [1.165, 1.54) is 6.42 Å². The van der Waals surface area contributed by atoms with E-state index in [2.05, 4.69) is 33.8 Å². The van der Waals surface area contributed by atoms with Crippen molar-refractivity contribution in [2.24, 2.45) is 5.92 Å². The van der Waals surface area contributed by atoms with Gasteiger partial charge in [0, 0.05) is 31.5 Å². The van der Waals surface area contributed by atoms with Crippen molar-refractivity contribution >= 4 is 5.91 Å². The molecule has 6 nitrogen and oxygen atoms in total. The zero-order chi connectivity index (χ0) is 17.1. The Morgan fingerprint density at radius 2 is 2.00 bits per heavy atom. The molecule has 3 heterocycles. The summed E-state index contributed by atoms with van der Waals surface area (Å²) in [7, 11) is 0. The average molecular weight is 334 g/mol. The third kappa shape index (κ3) is 3.79. The molecule has 0 radical (unpaired) electrons. The Labute approximate surface area is 144 Å². The molecule has 0 spiro atoms. The number of carbonyl (C=O) groups is 1. The first kappa shape index (κ1) is 17.4. The Morgan fingerprint density at radius 3 is 2.75 bits per heavy atom. The van der Waals surface area contributed by atoms with Crippen LogP contribution in [0, 0.1) is 5.92 Å². The van der Waals surface area contributed by atoms with Gasteiger partial charge in [0.15, 0.2) is 5.82 Å². The van der Waals surface area contributed by atoms with Crippen molar-refractivity contribution in [3.63, 3.8) is 0 Å². The minimum atomic E-state index is 0.295. The lowest BCUT2D eigenvalue weighted by Crippen LogP contribution is -2.48. The van der Waals surface area contributed by atoms with E-state index < -0.39 is 0 Å². The van der Waals surface area contributed by atoms with Gasteiger partial charge in [-0.1, -0.05) is 25.9 Å². The van der Waals surface area contributed by atoms with Crippen LogP contribution in [0.4, 0.5) is 0 Å². The highest BCUT2D eigenvalue weighted by Gasteiger charge is 2.39. The number of hydrogen-bond acceptors (Lipinski definition) is 5. The summed E-state index contributed by atoms with van der Waals surface area (Å²) in [6.07, 6.45) is 6.03. The summed E-state index contributed by atoms with van der Waals surface area (Å²) >= 11 is 0. The number of amides is 1. The molecular formula is C18H30N4O2. The molecule has 1 aromatic heterocycles. The lowest BCUT2D eigenvalue weighted by molar-refractivity contribution is -0.132. The summed E-state index contributed by atoms with van der Waals surface area (Å²) in [5.41, 5.74) is 0. The Kier molecular flexibility index (Phi) is 5.54. The highest BCUT2D eigenvalue weighted by atomic mass is 16.5. The molecule has 2 saturated heterocycles. The molecule has 1 aromatic rings. The molecule has 3 rings (SSSR count). The third-order valence-corrected chi connectivity index (χ3v) is 5.22. The first-order valence-electron chi connectivity index (χ1n) is 9.43. The van der Waals surface area contributed by atoms with Gasteiger partial charge in [0.1, 0.15) is 0 Å². The van der Waals surface area contributed by atoms with E-state index in [9.17, 15) is 4.79 Å². The van der Waals surface area contributed by atoms with Crippen LogP contribution in [-0.2, 0) is 17.8 Å². The molecule has 0 unspecified atom stereocenters. The fourth-order valence-corrected chi connectivity index (χ4v) is 4.16. The molecule has 2 aliphatic rings. The predicted octanol–water partition coefficient (Wildman–Crippen LogP) is 2.63. The van der Waals surface area contributed by atoms with Crippen LogP contribution in [0.3, 0.4) is 0 Å². The standard InChI is InChI=1S/C18H30N4O2/c1-4-18(23)22-10-6-8-15(22)14-7-5-9-21(14)12-16-19-17(24-20-16)11-13(2)3/h13-15H,4-12H2,1-3H3/t14-,15+/m1/s1. The molecule has 0 N–H and O–H groups in total. The van der Waals surface area contributed by atoms with Gasteiger partial charge >= 0.3 is 0 Å². The Balaban J connectivity index is 1.65. The quantitative estimate of drug-likeness (QED) is 0.800. The van der Waals surface area contributed by atoms with Crippen LogP contribution in [0.15, 0.2) is 4.52 Å². The summed E-state index contributed by atoms with van der Waals surface area (Å²) in [6.45, 7) is 8.97. The van der Waals surface area contributed by atoms with Gasteiger partial charge in [0.25, 0.3) is 0 Å². The second kappa shape index (κ2) is 7.64. The summed E-state index contributed by atoms with van der Waals surface area (Å²) in [5, 5.41) is 4.16. The van der Waals surface area contributed by atoms with E-state index in [1.54, 1.807) is 0 Å². The van der Waals surface area contributed by atoms with Crippen LogP contribution in [0.1, 0.15) is 64.6 Å². The summed E-state index contributed by atoms with van der Waals surface area (Å²) in [5.74, 6) is 2.33. The van der Waals surface area contributed by atoms with Crippen LogP contribution in [-0.4, -0.2) is 51.0 Å². The number of rotatable bonds is 6. The van der Waals surface area contributed by atoms with Crippen LogP contribution in [0.2, 0.25) is 0 Å². The van der Waals surface area contributed by atoms with Crippen LogP contribution in [0.25, 0.3) is 0 Å². The fraction of sp³-hybridized carbons (Fsp3) is 0.833. The lowest BCUT2D eigenvalue weighted by atomic mass is 10.0. The molecule has 134 valence electrons. The third-order valence-electron chi connectivity index (χ3n) is 5.22. The van der Waals surface area contributed by atoms with Crippen molar-refractivity contribution in [2.75, 3.05) is 13.1 Å². The molecule has 0 saturated carbocycles. The monoisotopic (exact) mass is 334 g/mol. The van der Waals surface area contributed by atoms with Gasteiger partial charge in [0.2, 0.25) is 11.8 Å². The maximum Gasteiger partial charge on any atom is 0.226 e. The minimum absolute atomic E-state index is 0.295. The maximum atomic E-state index is 12.2. The van der Waals surface area contributed by atoms with Gasteiger partial charge in [-0.05, 0) is 38.1 Å². The van der Waals surface area contributed by atoms with E-state index >= 15 is 0 Å². The molecule has 6 heteroatoms. The van der Waals surface area contributed by atoms with Crippen LogP contribution < -0.4 is 0 Å². The van der Waals surface area contributed by atoms with Gasteiger partial charge in [-0.25, -0.2) is 0 Å². The largest absolute Gasteiger partial charge is 0.339 e. The van der Waals surface area contributed by atoms with Crippen LogP contribution in [0.5, 0.6) is 0 Å². The normalized spacial score (nSPS) is 25.1. The van der Waals surface area contributed by atoms with Crippen molar-refractivity contribution in [2.45, 2.75) is 77.9 Å². The first-order valence-corrected chi connectivity index (χ1v) is 9.43. The summed E-state index contributed by atoms with van der Waals surface area (Å²) in [6, 6.07) is 0.803. The average Bonchev–Trinajstić information content (AvgIpc) is 3.26. The molecule has 2 aliphatic heterocycles. The number of aromatic nitrogens is 2. The molecular weight excluding hydrogens is 304 g/mol. The van der Waals surface area contributed by atoms with Crippen molar-refractivity contribution in [1.29, 1.82) is 0 Å². The minimum Gasteiger partial charge on any atom is -0.339 e. The topological polar surface area (TPSA) is 62.5 Å². The second-order valence-electron chi connectivity index (χ2n) is 7.53. The molecule has 0 aliphatic carbocycles. The summed E-state index contributed by atoms with van der Waals surface area (Å²) < 4.78 is 5.37. The Hall–Kier alpha value is -1.43. The predicted molar refractivity (Wildman–Crippen MR) is 91.3 cm³/mol. The molecule has 24 heavy (non-hydrogen) atoms. The molecule has 0 bridgehead atoms. The van der Waals surface area contributed by atoms with E-state index in [0.717, 1.165) is 57.0 Å². The number of nitrogens with zero attached hydrogens (tertiary/aromatic N) is 4. The Bertz CT molecular complexity index is 557. The first-order chi connectivity index (χ1) is 11.6. The van der Waals surface area contributed by atoms with Gasteiger partial charge in [-0.3, -0.25) is 9.69 Å². The molecule has 2 atom stereocenters. The molecule has 1 amide bonds. The van der Waals surface area contributed by atoms with Crippen molar-refractivity contribution in [3.8, 4) is 0 Å². The van der Waals surface area contributed by atoms with Crippen molar-refractivity contribution < 1.29 is 9.32 Å². The van der Waals surface area contributed by atoms with E-state index in [0.29, 0.717) is 30.3 Å². The van der Waals surface area contributed by atoms with Gasteiger partial charge < -0.3 is 9.42 Å². The highest BCUT2D eigenvalue weighted by molar-refractivity contribution is 5.76. The molecule has 2 fully saturated rings. The number of carbonyl (C=O) groups excluding carboxylic acids is 1. The highest BCUT2D eigenvalue weighted by Crippen LogP contribution is 2.31. The van der Waals surface area contributed by atoms with E-state index in [-0.39, 0.29) is 0 Å². The SMILES string of the molecule is CCC(=O)N1CCC[C@H]1[C@H]1CCCN1Cc1noc(CC(C)C)n1. The number of hydrogen-bond donors (Lipinski definition) is 0. The lowest BCUT2D eigenvalue weighted by Gasteiger charge is -2.34. The van der Waals surface area contributed by atoms with Gasteiger partial charge in [0.05, 0.1) is 6.54 Å². The van der Waals surface area contributed by atoms with Crippen molar-refractivity contribution in [3.05, 3.63) is 11.7 Å². The maximum absolute atomic E-state index is 12.2. The smallest absolute Gasteiger partial charge is 0.226 e. The zero-order valence-electron chi connectivity index (χ0n) is 15.2. The van der Waals surface area contributed by atoms with Crippen LogP contribution >= 0.6 is 0 Å². The van der Waals surface area contributed by atoms with E-state index in [1.807, 2.05) is 6.92 Å².